The number of carbonyl (C=O) groups excluding carboxylic acids is 1. The van der Waals surface area contributed by atoms with E-state index in [1.54, 1.807) is 0 Å². The summed E-state index contributed by atoms with van der Waals surface area (Å²) < 4.78 is 27.9. The molecule has 0 unspecified atom stereocenters. The molecule has 11 heteroatoms. The van der Waals surface area contributed by atoms with Crippen LogP contribution in [0.15, 0.2) is 39.9 Å². The van der Waals surface area contributed by atoms with Crippen molar-refractivity contribution in [3.8, 4) is 0 Å². The van der Waals surface area contributed by atoms with Crippen LogP contribution in [0.5, 0.6) is 0 Å². The van der Waals surface area contributed by atoms with E-state index in [0.717, 1.165) is 0 Å². The van der Waals surface area contributed by atoms with Crippen molar-refractivity contribution >= 4 is 44.2 Å². The lowest BCUT2D eigenvalue weighted by molar-refractivity contribution is -0.117. The van der Waals surface area contributed by atoms with Gasteiger partial charge >= 0.3 is 0 Å². The highest BCUT2D eigenvalue weighted by atomic mass is 79.9. The number of rotatable bonds is 4. The van der Waals surface area contributed by atoms with Gasteiger partial charge in [-0.15, -0.1) is 0 Å². The van der Waals surface area contributed by atoms with E-state index in [1.165, 1.54) is 30.6 Å². The first kappa shape index (κ1) is 18.5. The monoisotopic (exact) mass is 434 g/mol. The zero-order chi connectivity index (χ0) is 19.6. The minimum absolute atomic E-state index is 0.0131. The minimum atomic E-state index is -2.93. The Balaban J connectivity index is 1.93. The van der Waals surface area contributed by atoms with Crippen LogP contribution in [0.25, 0.3) is 15.6 Å². The number of benzene rings is 1. The minimum Gasteiger partial charge on any atom is -0.293 e. The number of fused-ring (bicyclic) bond motifs is 1. The molecule has 0 fully saturated rings. The largest absolute Gasteiger partial charge is 0.293 e. The summed E-state index contributed by atoms with van der Waals surface area (Å²) in [7, 11) is 0. The van der Waals surface area contributed by atoms with Gasteiger partial charge in [0.2, 0.25) is 17.5 Å². The molecule has 1 aromatic carbocycles. The van der Waals surface area contributed by atoms with Crippen molar-refractivity contribution in [3.05, 3.63) is 62.5 Å². The first-order valence-corrected chi connectivity index (χ1v) is 8.16. The van der Waals surface area contributed by atoms with Gasteiger partial charge in [0.1, 0.15) is 12.2 Å². The molecule has 1 N–H and O–H groups in total. The van der Waals surface area contributed by atoms with E-state index in [2.05, 4.69) is 41.2 Å². The van der Waals surface area contributed by atoms with Crippen molar-refractivity contribution < 1.29 is 13.6 Å². The number of carbonyl (C=O) groups is 1. The maximum Gasteiger partial charge on any atom is 0.282 e. The predicted octanol–water partition coefficient (Wildman–Crippen LogP) is 3.08. The van der Waals surface area contributed by atoms with Gasteiger partial charge in [0, 0.05) is 22.3 Å². The fraction of sp³-hybridized carbons (Fsp3) is 0.125. The number of alkyl halides is 2. The van der Waals surface area contributed by atoms with Crippen LogP contribution in [0.3, 0.4) is 0 Å². The summed E-state index contributed by atoms with van der Waals surface area (Å²) in [5.41, 5.74) is -1.09. The topological polar surface area (TPSA) is 94.1 Å². The number of nitrogens with one attached hydrogen (secondary N) is 1. The molecule has 3 aromatic rings. The third kappa shape index (κ3) is 3.95. The van der Waals surface area contributed by atoms with Crippen LogP contribution in [0.1, 0.15) is 12.1 Å². The zero-order valence-electron chi connectivity index (χ0n) is 13.4. The van der Waals surface area contributed by atoms with Gasteiger partial charge in [0.15, 0.2) is 0 Å². The second-order valence-electron chi connectivity index (χ2n) is 5.26. The highest BCUT2D eigenvalue weighted by Gasteiger charge is 2.19. The summed E-state index contributed by atoms with van der Waals surface area (Å²) in [6, 6.07) is 4.30. The molecule has 0 bridgehead atoms. The Hall–Kier alpha value is -3.26. The van der Waals surface area contributed by atoms with E-state index in [0.29, 0.717) is 9.15 Å². The summed E-state index contributed by atoms with van der Waals surface area (Å²) in [4.78, 5) is 35.2. The molecule has 0 aliphatic carbocycles. The number of hydrogen-bond acceptors (Lipinski definition) is 5. The average Bonchev–Trinajstić information content (AvgIpc) is 2.64. The quantitative estimate of drug-likeness (QED) is 0.636. The average molecular weight is 435 g/mol. The number of amides is 1. The molecule has 2 aromatic heterocycles. The van der Waals surface area contributed by atoms with Gasteiger partial charge in [-0.2, -0.15) is 5.10 Å². The first-order valence-electron chi connectivity index (χ1n) is 7.37. The lowest BCUT2D eigenvalue weighted by atomic mass is 10.1. The lowest BCUT2D eigenvalue weighted by Gasteiger charge is -2.11. The molecule has 0 atom stereocenters. The van der Waals surface area contributed by atoms with Gasteiger partial charge < -0.3 is 0 Å². The normalized spacial score (nSPS) is 10.8. The van der Waals surface area contributed by atoms with Gasteiger partial charge in [-0.25, -0.2) is 28.3 Å². The van der Waals surface area contributed by atoms with Gasteiger partial charge in [-0.1, -0.05) is 15.9 Å². The lowest BCUT2D eigenvalue weighted by Crippen LogP contribution is -2.31. The van der Waals surface area contributed by atoms with E-state index in [9.17, 15) is 18.4 Å². The standard InChI is InChI=1S/C16H9BrF2N6O2/c1-20-9-5-21-16(22-6-9)23-12(26)7-25-15(27)10-3-2-8(17)4-11(10)13(24-25)14(18)19/h2-6,14H,7H2,(H,21,22,23,26). The first-order chi connectivity index (χ1) is 12.9. The molecule has 2 heterocycles. The Bertz CT molecular complexity index is 1120. The Labute approximate surface area is 158 Å². The van der Waals surface area contributed by atoms with Crippen molar-refractivity contribution in [1.82, 2.24) is 19.7 Å². The van der Waals surface area contributed by atoms with Crippen LogP contribution < -0.4 is 10.9 Å². The summed E-state index contributed by atoms with van der Waals surface area (Å²) in [6.07, 6.45) is -0.507. The number of aromatic nitrogens is 4. The maximum atomic E-state index is 13.4. The fourth-order valence-corrected chi connectivity index (χ4v) is 2.66. The second-order valence-corrected chi connectivity index (χ2v) is 6.18. The van der Waals surface area contributed by atoms with Crippen molar-refractivity contribution in [2.75, 3.05) is 5.32 Å². The number of halogens is 3. The maximum absolute atomic E-state index is 13.4. The molecular weight excluding hydrogens is 426 g/mol. The summed E-state index contributed by atoms with van der Waals surface area (Å²) >= 11 is 3.17. The molecule has 3 rings (SSSR count). The molecule has 0 radical (unpaired) electrons. The molecule has 1 amide bonds. The third-order valence-electron chi connectivity index (χ3n) is 3.47. The molecular formula is C16H9BrF2N6O2. The van der Waals surface area contributed by atoms with Crippen LogP contribution in [0.4, 0.5) is 20.4 Å². The molecule has 0 saturated heterocycles. The van der Waals surface area contributed by atoms with Crippen LogP contribution in [0.2, 0.25) is 0 Å². The Morgan fingerprint density at radius 1 is 1.30 bits per heavy atom. The summed E-state index contributed by atoms with van der Waals surface area (Å²) in [5, 5.41) is 5.99. The van der Waals surface area contributed by atoms with Crippen LogP contribution in [-0.4, -0.2) is 25.7 Å². The van der Waals surface area contributed by atoms with Crippen molar-refractivity contribution in [2.24, 2.45) is 0 Å². The van der Waals surface area contributed by atoms with Gasteiger partial charge in [-0.05, 0) is 18.2 Å². The number of nitrogens with zero attached hydrogens (tertiary/aromatic N) is 5. The third-order valence-corrected chi connectivity index (χ3v) is 3.96. The predicted molar refractivity (Wildman–Crippen MR) is 95.6 cm³/mol. The molecule has 0 saturated carbocycles. The number of anilines is 1. The SMILES string of the molecule is [C-]#[N+]c1cnc(NC(=O)Cn2nc(C(F)F)c3cc(Br)ccc3c2=O)nc1. The van der Waals surface area contributed by atoms with Gasteiger partial charge in [0.05, 0.1) is 12.0 Å². The van der Waals surface area contributed by atoms with E-state index >= 15 is 0 Å². The Morgan fingerprint density at radius 3 is 2.63 bits per heavy atom. The highest BCUT2D eigenvalue weighted by Crippen LogP contribution is 2.26. The second kappa shape index (κ2) is 7.55. The molecule has 136 valence electrons. The highest BCUT2D eigenvalue weighted by molar-refractivity contribution is 9.10. The molecule has 0 aliphatic rings. The van der Waals surface area contributed by atoms with E-state index in [4.69, 9.17) is 6.57 Å². The molecule has 0 aliphatic heterocycles. The number of hydrogen-bond donors (Lipinski definition) is 1. The van der Waals surface area contributed by atoms with Crippen LogP contribution in [0, 0.1) is 6.57 Å². The smallest absolute Gasteiger partial charge is 0.282 e. The molecule has 8 nitrogen and oxygen atoms in total. The van der Waals surface area contributed by atoms with Crippen molar-refractivity contribution in [2.45, 2.75) is 13.0 Å². The Kier molecular flexibility index (Phi) is 5.18. The van der Waals surface area contributed by atoms with Crippen molar-refractivity contribution in [3.63, 3.8) is 0 Å². The van der Waals surface area contributed by atoms with Crippen LogP contribution >= 0.6 is 15.9 Å². The summed E-state index contributed by atoms with van der Waals surface area (Å²) in [5.74, 6) is -0.809. The fourth-order valence-electron chi connectivity index (χ4n) is 2.30. The van der Waals surface area contributed by atoms with Gasteiger partial charge in [-0.3, -0.25) is 14.9 Å². The Morgan fingerprint density at radius 2 is 2.00 bits per heavy atom. The van der Waals surface area contributed by atoms with E-state index in [1.807, 2.05) is 0 Å². The van der Waals surface area contributed by atoms with E-state index < -0.39 is 30.1 Å². The van der Waals surface area contributed by atoms with E-state index in [-0.39, 0.29) is 22.4 Å². The van der Waals surface area contributed by atoms with Gasteiger partial charge in [0.25, 0.3) is 12.0 Å². The molecule has 27 heavy (non-hydrogen) atoms. The summed E-state index contributed by atoms with van der Waals surface area (Å²) in [6.45, 7) is 6.21. The molecule has 0 spiro atoms. The van der Waals surface area contributed by atoms with Crippen LogP contribution in [-0.2, 0) is 11.3 Å². The van der Waals surface area contributed by atoms with Crippen molar-refractivity contribution in [1.29, 1.82) is 0 Å². The zero-order valence-corrected chi connectivity index (χ0v) is 14.9.